The molecule has 0 heterocycles. The van der Waals surface area contributed by atoms with Gasteiger partial charge in [-0.25, -0.2) is 9.59 Å². The molecule has 0 atom stereocenters. The van der Waals surface area contributed by atoms with Crippen LogP contribution in [0.1, 0.15) is 26.3 Å². The van der Waals surface area contributed by atoms with E-state index in [1.165, 1.54) is 13.2 Å². The summed E-state index contributed by atoms with van der Waals surface area (Å²) in [5.41, 5.74) is 0.491. The van der Waals surface area contributed by atoms with Gasteiger partial charge in [-0.2, -0.15) is 0 Å². The van der Waals surface area contributed by atoms with Crippen LogP contribution in [0.15, 0.2) is 24.3 Å². The van der Waals surface area contributed by atoms with Crippen LogP contribution >= 0.6 is 0 Å². The van der Waals surface area contributed by atoms with Crippen LogP contribution in [0.4, 0.5) is 10.5 Å². The number of amides is 1. The zero-order valence-corrected chi connectivity index (χ0v) is 12.5. The van der Waals surface area contributed by atoms with Gasteiger partial charge in [0, 0.05) is 6.08 Å². The lowest BCUT2D eigenvalue weighted by Crippen LogP contribution is -2.27. The minimum absolute atomic E-state index is 0.411. The van der Waals surface area contributed by atoms with Crippen molar-refractivity contribution in [2.45, 2.75) is 26.4 Å². The number of anilines is 1. The van der Waals surface area contributed by atoms with Gasteiger partial charge in [0.25, 0.3) is 0 Å². The minimum atomic E-state index is -1.04. The van der Waals surface area contributed by atoms with Gasteiger partial charge >= 0.3 is 12.1 Å². The third-order valence-corrected chi connectivity index (χ3v) is 2.28. The van der Waals surface area contributed by atoms with Crippen LogP contribution in [0.3, 0.4) is 0 Å². The fourth-order valence-corrected chi connectivity index (χ4v) is 1.50. The van der Waals surface area contributed by atoms with Crippen LogP contribution in [-0.4, -0.2) is 29.9 Å². The van der Waals surface area contributed by atoms with Gasteiger partial charge in [-0.3, -0.25) is 5.32 Å². The van der Waals surface area contributed by atoms with Crippen LogP contribution in [0.2, 0.25) is 0 Å². The summed E-state index contributed by atoms with van der Waals surface area (Å²) in [5, 5.41) is 11.2. The van der Waals surface area contributed by atoms with Gasteiger partial charge < -0.3 is 14.6 Å². The van der Waals surface area contributed by atoms with E-state index in [0.29, 0.717) is 17.0 Å². The average molecular weight is 293 g/mol. The first-order valence-electron chi connectivity index (χ1n) is 6.30. The molecule has 1 aromatic carbocycles. The molecule has 0 aliphatic rings. The maximum atomic E-state index is 11.7. The molecule has 1 amide bonds. The lowest BCUT2D eigenvalue weighted by atomic mass is 10.1. The normalized spacial score (nSPS) is 11.2. The van der Waals surface area contributed by atoms with Crippen molar-refractivity contribution in [1.29, 1.82) is 0 Å². The van der Waals surface area contributed by atoms with Crippen molar-refractivity contribution in [3.05, 3.63) is 29.8 Å². The number of carboxylic acid groups (broad SMARTS) is 1. The Bertz CT molecular complexity index is 558. The zero-order chi connectivity index (χ0) is 16.0. The molecule has 0 radical (unpaired) electrons. The second-order valence-electron chi connectivity index (χ2n) is 5.26. The van der Waals surface area contributed by atoms with Crippen molar-refractivity contribution in [2.75, 3.05) is 12.4 Å². The molecule has 0 saturated heterocycles. The summed E-state index contributed by atoms with van der Waals surface area (Å²) in [4.78, 5) is 22.2. The van der Waals surface area contributed by atoms with E-state index in [1.807, 2.05) is 0 Å². The SMILES string of the molecule is COc1cc(/C=C/C(=O)O)ccc1NC(=O)OC(C)(C)C. The Morgan fingerprint density at radius 2 is 1.95 bits per heavy atom. The number of aliphatic carboxylic acids is 1. The molecule has 21 heavy (non-hydrogen) atoms. The Morgan fingerprint density at radius 1 is 1.29 bits per heavy atom. The van der Waals surface area contributed by atoms with Gasteiger partial charge in [0.2, 0.25) is 0 Å². The fourth-order valence-electron chi connectivity index (χ4n) is 1.50. The van der Waals surface area contributed by atoms with Crippen LogP contribution in [0.5, 0.6) is 5.75 Å². The predicted molar refractivity (Wildman–Crippen MR) is 79.5 cm³/mol. The highest BCUT2D eigenvalue weighted by molar-refractivity contribution is 5.88. The maximum absolute atomic E-state index is 11.7. The molecule has 2 N–H and O–H groups in total. The third-order valence-electron chi connectivity index (χ3n) is 2.28. The molecular formula is C15H19NO5. The first-order chi connectivity index (χ1) is 9.71. The number of carboxylic acids is 1. The third kappa shape index (κ3) is 5.99. The number of nitrogens with one attached hydrogen (secondary N) is 1. The van der Waals surface area contributed by atoms with E-state index >= 15 is 0 Å². The molecule has 0 aromatic heterocycles. The van der Waals surface area contributed by atoms with E-state index in [9.17, 15) is 9.59 Å². The Hall–Kier alpha value is -2.50. The van der Waals surface area contributed by atoms with E-state index in [-0.39, 0.29) is 0 Å². The molecule has 6 nitrogen and oxygen atoms in total. The second kappa shape index (κ2) is 6.78. The Morgan fingerprint density at radius 3 is 2.48 bits per heavy atom. The zero-order valence-electron chi connectivity index (χ0n) is 12.5. The van der Waals surface area contributed by atoms with Crippen molar-refractivity contribution < 1.29 is 24.2 Å². The smallest absolute Gasteiger partial charge is 0.412 e. The minimum Gasteiger partial charge on any atom is -0.495 e. The average Bonchev–Trinajstić information content (AvgIpc) is 2.35. The van der Waals surface area contributed by atoms with Crippen LogP contribution in [0.25, 0.3) is 6.08 Å². The summed E-state index contributed by atoms with van der Waals surface area (Å²) in [6, 6.07) is 4.89. The van der Waals surface area contributed by atoms with Gasteiger partial charge in [0.1, 0.15) is 11.4 Å². The molecule has 0 aliphatic carbocycles. The fraction of sp³-hybridized carbons (Fsp3) is 0.333. The Kier molecular flexibility index (Phi) is 5.35. The maximum Gasteiger partial charge on any atom is 0.412 e. The van der Waals surface area contributed by atoms with Gasteiger partial charge in [-0.05, 0) is 44.5 Å². The Labute approximate surface area is 123 Å². The summed E-state index contributed by atoms with van der Waals surface area (Å²) >= 11 is 0. The van der Waals surface area contributed by atoms with E-state index < -0.39 is 17.7 Å². The molecule has 1 aromatic rings. The van der Waals surface area contributed by atoms with Crippen LogP contribution in [-0.2, 0) is 9.53 Å². The van der Waals surface area contributed by atoms with Crippen molar-refractivity contribution in [1.82, 2.24) is 0 Å². The molecule has 0 spiro atoms. The number of ether oxygens (including phenoxy) is 2. The summed E-state index contributed by atoms with van der Waals surface area (Å²) in [5.74, 6) is -0.627. The lowest BCUT2D eigenvalue weighted by molar-refractivity contribution is -0.131. The lowest BCUT2D eigenvalue weighted by Gasteiger charge is -2.20. The van der Waals surface area contributed by atoms with Crippen molar-refractivity contribution >= 4 is 23.8 Å². The molecular weight excluding hydrogens is 274 g/mol. The van der Waals surface area contributed by atoms with E-state index in [0.717, 1.165) is 6.08 Å². The molecule has 1 rings (SSSR count). The number of rotatable bonds is 4. The van der Waals surface area contributed by atoms with Gasteiger partial charge in [0.15, 0.2) is 0 Å². The van der Waals surface area contributed by atoms with Gasteiger partial charge in [-0.1, -0.05) is 6.07 Å². The van der Waals surface area contributed by atoms with E-state index in [2.05, 4.69) is 5.32 Å². The van der Waals surface area contributed by atoms with E-state index in [1.54, 1.807) is 39.0 Å². The molecule has 114 valence electrons. The first kappa shape index (κ1) is 16.6. The summed E-state index contributed by atoms with van der Waals surface area (Å²) in [6.45, 7) is 5.30. The Balaban J connectivity index is 2.89. The molecule has 0 saturated carbocycles. The molecule has 0 bridgehead atoms. The first-order valence-corrected chi connectivity index (χ1v) is 6.30. The van der Waals surface area contributed by atoms with Crippen molar-refractivity contribution in [3.63, 3.8) is 0 Å². The highest BCUT2D eigenvalue weighted by atomic mass is 16.6. The summed E-state index contributed by atoms with van der Waals surface area (Å²) < 4.78 is 10.3. The number of hydrogen-bond acceptors (Lipinski definition) is 4. The largest absolute Gasteiger partial charge is 0.495 e. The number of carbonyl (C=O) groups excluding carboxylic acids is 1. The number of hydrogen-bond donors (Lipinski definition) is 2. The molecule has 0 aliphatic heterocycles. The number of benzene rings is 1. The summed E-state index contributed by atoms with van der Waals surface area (Å²) in [7, 11) is 1.46. The quantitative estimate of drug-likeness (QED) is 0.833. The van der Waals surface area contributed by atoms with Crippen molar-refractivity contribution in [2.24, 2.45) is 0 Å². The van der Waals surface area contributed by atoms with Gasteiger partial charge in [-0.15, -0.1) is 0 Å². The van der Waals surface area contributed by atoms with Crippen LogP contribution in [0, 0.1) is 0 Å². The van der Waals surface area contributed by atoms with Crippen molar-refractivity contribution in [3.8, 4) is 5.75 Å². The monoisotopic (exact) mass is 293 g/mol. The number of carbonyl (C=O) groups is 2. The molecule has 6 heteroatoms. The van der Waals surface area contributed by atoms with Gasteiger partial charge in [0.05, 0.1) is 12.8 Å². The molecule has 0 fully saturated rings. The van der Waals surface area contributed by atoms with E-state index in [4.69, 9.17) is 14.6 Å². The number of methoxy groups -OCH3 is 1. The van der Waals surface area contributed by atoms with Crippen LogP contribution < -0.4 is 10.1 Å². The highest BCUT2D eigenvalue weighted by Gasteiger charge is 2.17. The standard InChI is InChI=1S/C15H19NO5/c1-15(2,3)21-14(19)16-11-7-5-10(6-8-13(17)18)9-12(11)20-4/h5-9H,1-4H3,(H,16,19)(H,17,18)/b8-6+. The topological polar surface area (TPSA) is 84.9 Å². The second-order valence-corrected chi connectivity index (χ2v) is 5.26. The summed E-state index contributed by atoms with van der Waals surface area (Å²) in [6.07, 6.45) is 1.87. The predicted octanol–water partition coefficient (Wildman–Crippen LogP) is 3.14. The molecule has 0 unspecified atom stereocenters. The highest BCUT2D eigenvalue weighted by Crippen LogP contribution is 2.26.